The summed E-state index contributed by atoms with van der Waals surface area (Å²) in [6.07, 6.45) is 0. The zero-order chi connectivity index (χ0) is 92.6. The van der Waals surface area contributed by atoms with Crippen LogP contribution in [0.2, 0.25) is 0 Å². The van der Waals surface area contributed by atoms with Gasteiger partial charge in [0, 0.05) is 145 Å². The van der Waals surface area contributed by atoms with Crippen LogP contribution in [0.15, 0.2) is 429 Å². The van der Waals surface area contributed by atoms with Gasteiger partial charge in [-0.05, 0) is 125 Å². The van der Waals surface area contributed by atoms with Gasteiger partial charge in [-0.15, -0.1) is 22.7 Å². The van der Waals surface area contributed by atoms with Crippen molar-refractivity contribution in [3.8, 4) is 159 Å². The van der Waals surface area contributed by atoms with Gasteiger partial charge in [0.1, 0.15) is 11.2 Å². The van der Waals surface area contributed by atoms with E-state index < -0.39 is 0 Å². The molecule has 0 fully saturated rings. The average molecular weight is 1830 g/mol. The summed E-state index contributed by atoms with van der Waals surface area (Å²) < 4.78 is 16.1. The van der Waals surface area contributed by atoms with Gasteiger partial charge in [0.25, 0.3) is 0 Å². The Morgan fingerprint density at radius 2 is 0.514 bits per heavy atom. The third-order valence-corrected chi connectivity index (χ3v) is 29.3. The highest BCUT2D eigenvalue weighted by atomic mass is 32.1. The molecule has 1 aliphatic rings. The highest BCUT2D eigenvalue weighted by Gasteiger charge is 2.36. The molecule has 0 N–H and O–H groups in total. The fourth-order valence-corrected chi connectivity index (χ4v) is 22.8. The summed E-state index contributed by atoms with van der Waals surface area (Å²) in [6.45, 7) is 4.60. The molecule has 0 spiro atoms. The fourth-order valence-electron chi connectivity index (χ4n) is 20.5. The minimum Gasteiger partial charge on any atom is -0.456 e. The first kappa shape index (κ1) is 81.4. The van der Waals surface area contributed by atoms with E-state index in [9.17, 15) is 0 Å². The fraction of sp³-hybridized carbons (Fsp3) is 0.0244. The number of benzene rings is 18. The molecule has 9 heterocycles. The van der Waals surface area contributed by atoms with Gasteiger partial charge in [0.05, 0.1) is 33.4 Å². The minimum absolute atomic E-state index is 0.127. The first-order valence-electron chi connectivity index (χ1n) is 46.6. The Kier molecular flexibility index (Phi) is 19.3. The Labute approximate surface area is 810 Å². The Morgan fingerprint density at radius 1 is 0.193 bits per heavy atom. The van der Waals surface area contributed by atoms with Crippen LogP contribution in [0.3, 0.4) is 0 Å². The molecule has 0 saturated carbocycles. The molecule has 140 heavy (non-hydrogen) atoms. The smallest absolute Gasteiger partial charge is 0.166 e. The van der Waals surface area contributed by atoms with Crippen LogP contribution in [0.4, 0.5) is 0 Å². The molecule has 656 valence electrons. The van der Waals surface area contributed by atoms with Crippen molar-refractivity contribution in [2.24, 2.45) is 0 Å². The second-order valence-corrected chi connectivity index (χ2v) is 37.8. The maximum atomic E-state index is 6.46. The van der Waals surface area contributed by atoms with Crippen molar-refractivity contribution >= 4 is 129 Å². The number of hydrogen-bond acceptors (Lipinski definition) is 15. The first-order valence-corrected chi connectivity index (χ1v) is 48.3. The van der Waals surface area contributed by atoms with Crippen molar-refractivity contribution < 1.29 is 4.42 Å². The van der Waals surface area contributed by atoms with Crippen molar-refractivity contribution in [3.63, 3.8) is 0 Å². The lowest BCUT2D eigenvalue weighted by molar-refractivity contribution is 0.660. The Bertz CT molecular complexity index is 9570. The molecule has 0 bridgehead atoms. The van der Waals surface area contributed by atoms with E-state index in [0.717, 1.165) is 138 Å². The lowest BCUT2D eigenvalue weighted by atomic mass is 9.82. The summed E-state index contributed by atoms with van der Waals surface area (Å²) >= 11 is 3.61. The highest BCUT2D eigenvalue weighted by molar-refractivity contribution is 7.26. The number of thiophene rings is 2. The van der Waals surface area contributed by atoms with Crippen LogP contribution >= 0.6 is 22.7 Å². The van der Waals surface area contributed by atoms with Crippen LogP contribution in [0.5, 0.6) is 0 Å². The third kappa shape index (κ3) is 13.8. The second kappa shape index (κ2) is 33.1. The SMILES string of the molecule is CC1(C)c2ccccc2-c2cc(-c3nc(-c4ccccc4)nc(-c4ccc(-n5c6ccccc6c6c7c(ccc65)sc5ccccc57)c(-c5nc(-c6ccccc6)nc(-c6ccccc6)n5)c4)n3)ccc21.c1ccc(-c2nc(-c3ccccc3)nc(-c3cc(-c4nc(-c5ccccc5)nc(-c5cccc6sc7ccccc7c56)n4)ccc3-n3c4ccccc4c4c5c(ccc43)oc3ccccc35)n2)cc1. The van der Waals surface area contributed by atoms with Gasteiger partial charge in [-0.1, -0.05) is 335 Å². The highest BCUT2D eigenvalue weighted by Crippen LogP contribution is 2.52. The van der Waals surface area contributed by atoms with E-state index in [-0.39, 0.29) is 5.41 Å². The Balaban J connectivity index is 0.000000141. The third-order valence-electron chi connectivity index (χ3n) is 27.0. The van der Waals surface area contributed by atoms with E-state index in [2.05, 4.69) is 266 Å². The number of aromatic nitrogens is 14. The molecular formula is C123H76N14OS2. The minimum atomic E-state index is -0.127. The molecule has 18 aromatic carbocycles. The van der Waals surface area contributed by atoms with E-state index in [0.29, 0.717) is 69.9 Å². The lowest BCUT2D eigenvalue weighted by Gasteiger charge is -2.21. The number of para-hydroxylation sites is 3. The maximum Gasteiger partial charge on any atom is 0.166 e. The van der Waals surface area contributed by atoms with Crippen molar-refractivity contribution in [1.82, 2.24) is 68.9 Å². The number of hydrogen-bond donors (Lipinski definition) is 0. The monoisotopic (exact) mass is 1830 g/mol. The number of rotatable bonds is 14. The molecule has 27 aromatic rings. The predicted octanol–water partition coefficient (Wildman–Crippen LogP) is 31.3. The van der Waals surface area contributed by atoms with Gasteiger partial charge in [-0.3, -0.25) is 0 Å². The molecule has 0 amide bonds. The molecule has 0 saturated heterocycles. The summed E-state index contributed by atoms with van der Waals surface area (Å²) in [4.78, 5) is 63.2. The molecule has 17 heteroatoms. The summed E-state index contributed by atoms with van der Waals surface area (Å²) in [5.41, 5.74) is 23.0. The molecular weight excluding hydrogens is 1750 g/mol. The van der Waals surface area contributed by atoms with Gasteiger partial charge >= 0.3 is 0 Å². The zero-order valence-electron chi connectivity index (χ0n) is 75.4. The number of fused-ring (bicyclic) bond motifs is 20. The normalized spacial score (nSPS) is 12.3. The molecule has 28 rings (SSSR count). The molecule has 0 atom stereocenters. The zero-order valence-corrected chi connectivity index (χ0v) is 77.0. The second-order valence-electron chi connectivity index (χ2n) is 35.7. The van der Waals surface area contributed by atoms with Crippen molar-refractivity contribution in [2.75, 3.05) is 0 Å². The molecule has 15 nitrogen and oxygen atoms in total. The van der Waals surface area contributed by atoms with Crippen molar-refractivity contribution in [2.45, 2.75) is 19.3 Å². The van der Waals surface area contributed by atoms with E-state index in [4.69, 9.17) is 64.2 Å². The summed E-state index contributed by atoms with van der Waals surface area (Å²) in [6, 6.07) is 147. The topological polar surface area (TPSA) is 178 Å². The van der Waals surface area contributed by atoms with Gasteiger partial charge < -0.3 is 13.6 Å². The van der Waals surface area contributed by atoms with Crippen LogP contribution in [0.25, 0.3) is 265 Å². The summed E-state index contributed by atoms with van der Waals surface area (Å²) in [5.74, 6) is 6.74. The van der Waals surface area contributed by atoms with Gasteiger partial charge in [-0.25, -0.2) is 59.8 Å². The lowest BCUT2D eigenvalue weighted by Crippen LogP contribution is -2.14. The Morgan fingerprint density at radius 3 is 0.979 bits per heavy atom. The molecule has 9 aromatic heterocycles. The number of furan rings is 1. The van der Waals surface area contributed by atoms with Gasteiger partial charge in [-0.2, -0.15) is 0 Å². The van der Waals surface area contributed by atoms with E-state index >= 15 is 0 Å². The Hall–Kier alpha value is -18.2. The largest absolute Gasteiger partial charge is 0.456 e. The van der Waals surface area contributed by atoms with E-state index in [1.54, 1.807) is 11.3 Å². The average Bonchev–Trinajstić information content (AvgIpc) is 1.53. The molecule has 0 radical (unpaired) electrons. The standard InChI is InChI=1S/C63H41N7S.C60H35N7OS/c1-63(2)48-27-15-12-24-43(48)46-36-41(30-32-49(46)63)60-65-57(38-18-6-3-7-19-38)66-61(67-60)42-31-33-51(47(37-42)62-68-58(39-20-8-4-9-21-39)64-59(69-62)40-22-10-5-11-23-40)70-50-28-16-13-25-44(50)55-52(70)34-35-54-56(55)45-26-14-17-29-53(45)71-54;1-4-17-36(18-5-1)55-61-56(37-19-6-2-7-20-37)65-60(64-55)44-35-39(31-32-46(44)67-45-27-13-10-23-40(45)53-47(67)33-34-49-54(53)41-24-11-14-28-48(41)68-49)58-62-57(38-21-8-3-9-22-38)63-59(66-58)43-26-16-30-51-52(43)42-25-12-15-29-50(42)69-51/h3-37H,1-2H3;1-35H. The quantitative estimate of drug-likeness (QED) is 0.101. The number of nitrogens with zero attached hydrogens (tertiary/aromatic N) is 14. The van der Waals surface area contributed by atoms with Gasteiger partial charge in [0.15, 0.2) is 69.9 Å². The van der Waals surface area contributed by atoms with Crippen molar-refractivity contribution in [3.05, 3.63) is 436 Å². The molecule has 0 aliphatic heterocycles. The molecule has 0 unspecified atom stereocenters. The van der Waals surface area contributed by atoms with E-state index in [1.807, 2.05) is 193 Å². The van der Waals surface area contributed by atoms with Gasteiger partial charge in [0.2, 0.25) is 0 Å². The molecule has 1 aliphatic carbocycles. The maximum absolute atomic E-state index is 6.46. The summed E-state index contributed by atoms with van der Waals surface area (Å²) in [7, 11) is 0. The van der Waals surface area contributed by atoms with Crippen LogP contribution < -0.4 is 0 Å². The van der Waals surface area contributed by atoms with E-state index in [1.165, 1.54) is 68.0 Å². The summed E-state index contributed by atoms with van der Waals surface area (Å²) in [5, 5.41) is 11.6. The predicted molar refractivity (Wildman–Crippen MR) is 571 cm³/mol. The van der Waals surface area contributed by atoms with Crippen LogP contribution in [-0.4, -0.2) is 68.9 Å². The first-order chi connectivity index (χ1) is 69.1. The van der Waals surface area contributed by atoms with Crippen molar-refractivity contribution in [1.29, 1.82) is 0 Å². The van der Waals surface area contributed by atoms with Crippen LogP contribution in [0.1, 0.15) is 25.0 Å². The van der Waals surface area contributed by atoms with Crippen LogP contribution in [0, 0.1) is 0 Å². The van der Waals surface area contributed by atoms with Crippen LogP contribution in [-0.2, 0) is 5.41 Å².